The van der Waals surface area contributed by atoms with Gasteiger partial charge >= 0.3 is 5.82 Å². The van der Waals surface area contributed by atoms with Gasteiger partial charge in [-0.15, -0.1) is 15.3 Å². The Kier molecular flexibility index (Phi) is 3.01. The summed E-state index contributed by atoms with van der Waals surface area (Å²) in [6.45, 7) is 1.64. The van der Waals surface area contributed by atoms with E-state index in [0.29, 0.717) is 17.3 Å². The summed E-state index contributed by atoms with van der Waals surface area (Å²) < 4.78 is 2.72. The fourth-order valence-electron chi connectivity index (χ4n) is 1.94. The molecule has 0 amide bonds. The lowest BCUT2D eigenvalue weighted by Gasteiger charge is -1.99. The van der Waals surface area contributed by atoms with E-state index in [1.54, 1.807) is 19.1 Å². The Morgan fingerprint density at radius 1 is 1.36 bits per heavy atom. The van der Waals surface area contributed by atoms with Crippen LogP contribution in [0.1, 0.15) is 6.92 Å². The maximum Gasteiger partial charge on any atom is 0.343 e. The fourth-order valence-corrected chi connectivity index (χ4v) is 1.94. The lowest BCUT2D eigenvalue weighted by molar-refractivity contribution is -0.391. The summed E-state index contributed by atoms with van der Waals surface area (Å²) in [4.78, 5) is 18.4. The van der Waals surface area contributed by atoms with E-state index < -0.39 is 4.92 Å². The minimum Gasteiger partial charge on any atom is -0.387 e. The van der Waals surface area contributed by atoms with Crippen LogP contribution in [0.3, 0.4) is 0 Å². The molecule has 0 aliphatic rings. The largest absolute Gasteiger partial charge is 0.387 e. The number of hydrogen-bond acceptors (Lipinski definition) is 7. The fraction of sp³-hybridized carbons (Fsp3) is 0.182. The SMILES string of the molecule is CC(N)=Nc1ccc2nnc(-c3ncc([N+](=O)[O-])n3C)n2n1. The number of nitro groups is 1. The molecule has 0 saturated carbocycles. The molecule has 0 aromatic carbocycles. The molecule has 11 heteroatoms. The summed E-state index contributed by atoms with van der Waals surface area (Å²) in [5.74, 6) is 1.12. The number of imidazole rings is 1. The first-order valence-corrected chi connectivity index (χ1v) is 6.17. The number of aromatic nitrogens is 6. The minimum atomic E-state index is -0.527. The lowest BCUT2D eigenvalue weighted by atomic mass is 10.5. The van der Waals surface area contributed by atoms with E-state index in [9.17, 15) is 10.1 Å². The second-order valence-corrected chi connectivity index (χ2v) is 4.49. The molecule has 3 heterocycles. The van der Waals surface area contributed by atoms with Crippen molar-refractivity contribution in [2.24, 2.45) is 17.8 Å². The average molecular weight is 301 g/mol. The number of hydrogen-bond donors (Lipinski definition) is 1. The summed E-state index contributed by atoms with van der Waals surface area (Å²) in [5, 5.41) is 23.1. The van der Waals surface area contributed by atoms with Gasteiger partial charge in [0.05, 0.1) is 12.9 Å². The molecule has 0 atom stereocenters. The Morgan fingerprint density at radius 2 is 2.14 bits per heavy atom. The predicted octanol–water partition coefficient (Wildman–Crippen LogP) is 0.442. The van der Waals surface area contributed by atoms with Gasteiger partial charge in [0, 0.05) is 0 Å². The smallest absolute Gasteiger partial charge is 0.343 e. The van der Waals surface area contributed by atoms with Gasteiger partial charge < -0.3 is 15.8 Å². The third-order valence-corrected chi connectivity index (χ3v) is 2.89. The van der Waals surface area contributed by atoms with Crippen molar-refractivity contribution < 1.29 is 4.92 Å². The standard InChI is InChI=1S/C11H11N9O2/c1-6(12)14-7-3-4-8-15-16-11(19(8)17-7)10-13-5-9(18(10)2)20(21)22/h3-5H,1-2H3,(H2,12,14,17). The molecule has 0 saturated heterocycles. The summed E-state index contributed by atoms with van der Waals surface area (Å²) in [7, 11) is 1.52. The molecule has 3 aromatic heterocycles. The van der Waals surface area contributed by atoms with Crippen molar-refractivity contribution in [3.05, 3.63) is 28.4 Å². The van der Waals surface area contributed by atoms with Crippen molar-refractivity contribution in [3.8, 4) is 11.6 Å². The third-order valence-electron chi connectivity index (χ3n) is 2.89. The van der Waals surface area contributed by atoms with Crippen LogP contribution in [0.15, 0.2) is 23.3 Å². The maximum absolute atomic E-state index is 10.9. The van der Waals surface area contributed by atoms with Crippen molar-refractivity contribution in [2.45, 2.75) is 6.92 Å². The van der Waals surface area contributed by atoms with Gasteiger partial charge in [-0.2, -0.15) is 4.52 Å². The maximum atomic E-state index is 10.9. The Hall–Kier alpha value is -3.37. The van der Waals surface area contributed by atoms with Crippen LogP contribution in [0.25, 0.3) is 17.3 Å². The molecule has 0 radical (unpaired) electrons. The normalized spacial score (nSPS) is 12.0. The minimum absolute atomic E-state index is 0.154. The van der Waals surface area contributed by atoms with Crippen LogP contribution >= 0.6 is 0 Å². The Bertz CT molecular complexity index is 904. The van der Waals surface area contributed by atoms with Gasteiger partial charge in [-0.3, -0.25) is 0 Å². The molecule has 2 N–H and O–H groups in total. The van der Waals surface area contributed by atoms with E-state index in [0.717, 1.165) is 6.20 Å². The molecule has 22 heavy (non-hydrogen) atoms. The zero-order chi connectivity index (χ0) is 15.9. The molecule has 112 valence electrons. The molecule has 0 aliphatic heterocycles. The van der Waals surface area contributed by atoms with Crippen LogP contribution in [0.5, 0.6) is 0 Å². The number of amidine groups is 1. The van der Waals surface area contributed by atoms with E-state index in [1.807, 2.05) is 0 Å². The van der Waals surface area contributed by atoms with Crippen LogP contribution in [-0.2, 0) is 7.05 Å². The van der Waals surface area contributed by atoms with E-state index in [2.05, 4.69) is 25.3 Å². The molecule has 0 spiro atoms. The third kappa shape index (κ3) is 2.13. The van der Waals surface area contributed by atoms with E-state index in [-0.39, 0.29) is 17.5 Å². The highest BCUT2D eigenvalue weighted by Crippen LogP contribution is 2.21. The van der Waals surface area contributed by atoms with Crippen molar-refractivity contribution in [1.29, 1.82) is 0 Å². The summed E-state index contributed by atoms with van der Waals surface area (Å²) >= 11 is 0. The molecule has 3 rings (SSSR count). The van der Waals surface area contributed by atoms with Gasteiger partial charge in [-0.05, 0) is 24.0 Å². The van der Waals surface area contributed by atoms with Crippen LogP contribution in [0.4, 0.5) is 11.6 Å². The first-order chi connectivity index (χ1) is 10.5. The van der Waals surface area contributed by atoms with Crippen molar-refractivity contribution in [1.82, 2.24) is 29.4 Å². The molecule has 3 aromatic rings. The van der Waals surface area contributed by atoms with Gasteiger partial charge in [0.15, 0.2) is 11.5 Å². The summed E-state index contributed by atoms with van der Waals surface area (Å²) in [6.07, 6.45) is 1.16. The Morgan fingerprint density at radius 3 is 2.77 bits per heavy atom. The van der Waals surface area contributed by atoms with Crippen molar-refractivity contribution in [2.75, 3.05) is 0 Å². The number of rotatable bonds is 3. The molecular weight excluding hydrogens is 290 g/mol. The first kappa shape index (κ1) is 13.6. The molecule has 0 fully saturated rings. The van der Waals surface area contributed by atoms with Gasteiger partial charge in [0.2, 0.25) is 5.82 Å². The second kappa shape index (κ2) is 4.87. The quantitative estimate of drug-likeness (QED) is 0.320. The molecule has 0 unspecified atom stereocenters. The van der Waals surface area contributed by atoms with E-state index in [1.165, 1.54) is 16.1 Å². The van der Waals surface area contributed by atoms with E-state index in [4.69, 9.17) is 5.73 Å². The highest BCUT2D eigenvalue weighted by atomic mass is 16.6. The molecular formula is C11H11N9O2. The first-order valence-electron chi connectivity index (χ1n) is 6.17. The predicted molar refractivity (Wildman–Crippen MR) is 76.6 cm³/mol. The molecule has 0 bridgehead atoms. The molecule has 0 aliphatic carbocycles. The van der Waals surface area contributed by atoms with Gasteiger partial charge in [0.1, 0.15) is 6.20 Å². The number of nitrogens with two attached hydrogens (primary N) is 1. The van der Waals surface area contributed by atoms with Crippen LogP contribution in [0, 0.1) is 10.1 Å². The number of fused-ring (bicyclic) bond motifs is 1. The van der Waals surface area contributed by atoms with Crippen molar-refractivity contribution in [3.63, 3.8) is 0 Å². The highest BCUT2D eigenvalue weighted by Gasteiger charge is 2.23. The van der Waals surface area contributed by atoms with Crippen molar-refractivity contribution >= 4 is 23.1 Å². The monoisotopic (exact) mass is 301 g/mol. The zero-order valence-corrected chi connectivity index (χ0v) is 11.7. The summed E-state index contributed by atoms with van der Waals surface area (Å²) in [5.41, 5.74) is 6.00. The Labute approximate surface area is 123 Å². The average Bonchev–Trinajstić information content (AvgIpc) is 3.01. The van der Waals surface area contributed by atoms with Crippen LogP contribution in [0.2, 0.25) is 0 Å². The zero-order valence-electron chi connectivity index (χ0n) is 11.7. The van der Waals surface area contributed by atoms with Gasteiger partial charge in [0.25, 0.3) is 5.82 Å². The molecule has 11 nitrogen and oxygen atoms in total. The van der Waals surface area contributed by atoms with Crippen LogP contribution < -0.4 is 5.73 Å². The number of aliphatic imine (C=N–C) groups is 1. The lowest BCUT2D eigenvalue weighted by Crippen LogP contribution is -2.05. The van der Waals surface area contributed by atoms with Gasteiger partial charge in [-0.25, -0.2) is 14.5 Å². The highest BCUT2D eigenvalue weighted by molar-refractivity contribution is 5.80. The van der Waals surface area contributed by atoms with Crippen LogP contribution in [-0.4, -0.2) is 40.1 Å². The summed E-state index contributed by atoms with van der Waals surface area (Å²) in [6, 6.07) is 3.31. The topological polar surface area (TPSA) is 142 Å². The van der Waals surface area contributed by atoms with Gasteiger partial charge in [-0.1, -0.05) is 0 Å². The Balaban J connectivity index is 2.19. The van der Waals surface area contributed by atoms with E-state index >= 15 is 0 Å². The number of nitrogens with zero attached hydrogens (tertiary/aromatic N) is 8. The second-order valence-electron chi connectivity index (χ2n) is 4.49.